The van der Waals surface area contributed by atoms with E-state index in [1.807, 2.05) is 0 Å². The van der Waals surface area contributed by atoms with Gasteiger partial charge in [0.05, 0.1) is 17.4 Å². The Bertz CT molecular complexity index is 644. The molecule has 1 fully saturated rings. The second-order valence-corrected chi connectivity index (χ2v) is 5.10. The number of hydrogen-bond donors (Lipinski definition) is 1. The van der Waals surface area contributed by atoms with Gasteiger partial charge in [-0.3, -0.25) is 0 Å². The number of rotatable bonds is 4. The predicted molar refractivity (Wildman–Crippen MR) is 68.4 cm³/mol. The molecule has 1 saturated carbocycles. The fourth-order valence-corrected chi connectivity index (χ4v) is 2.06. The van der Waals surface area contributed by atoms with E-state index >= 15 is 0 Å². The van der Waals surface area contributed by atoms with Gasteiger partial charge >= 0.3 is 6.18 Å². The Hall–Kier alpha value is -1.89. The van der Waals surface area contributed by atoms with Gasteiger partial charge in [0.2, 0.25) is 0 Å². The van der Waals surface area contributed by atoms with Crippen molar-refractivity contribution in [2.24, 2.45) is 0 Å². The van der Waals surface area contributed by atoms with Gasteiger partial charge in [-0.1, -0.05) is 0 Å². The molecule has 3 rings (SSSR count). The highest BCUT2D eigenvalue weighted by Crippen LogP contribution is 2.29. The number of halogens is 4. The molecule has 0 bridgehead atoms. The lowest BCUT2D eigenvalue weighted by Gasteiger charge is -2.10. The molecule has 0 atom stereocenters. The molecule has 1 heterocycles. The lowest BCUT2D eigenvalue weighted by molar-refractivity contribution is -0.137. The molecule has 1 aliphatic carbocycles. The topological polar surface area (TPSA) is 29.9 Å². The molecule has 0 saturated heterocycles. The van der Waals surface area contributed by atoms with E-state index in [1.165, 1.54) is 18.2 Å². The summed E-state index contributed by atoms with van der Waals surface area (Å²) in [5.74, 6) is -0.422. The van der Waals surface area contributed by atoms with E-state index in [0.717, 1.165) is 29.9 Å². The molecule has 21 heavy (non-hydrogen) atoms. The van der Waals surface area contributed by atoms with Crippen LogP contribution in [0.4, 0.5) is 17.6 Å². The Morgan fingerprint density at radius 2 is 2.05 bits per heavy atom. The van der Waals surface area contributed by atoms with E-state index in [0.29, 0.717) is 23.8 Å². The SMILES string of the molecule is Fc1ccc(-n2cc(C(F)(F)F)cn2)c(CNC2CC2)c1. The highest BCUT2D eigenvalue weighted by molar-refractivity contribution is 5.41. The monoisotopic (exact) mass is 299 g/mol. The summed E-state index contributed by atoms with van der Waals surface area (Å²) in [4.78, 5) is 0. The van der Waals surface area contributed by atoms with Crippen LogP contribution in [0.15, 0.2) is 30.6 Å². The molecule has 0 unspecified atom stereocenters. The smallest absolute Gasteiger partial charge is 0.310 e. The summed E-state index contributed by atoms with van der Waals surface area (Å²) >= 11 is 0. The van der Waals surface area contributed by atoms with E-state index < -0.39 is 17.6 Å². The number of alkyl halides is 3. The molecule has 0 amide bonds. The average molecular weight is 299 g/mol. The van der Waals surface area contributed by atoms with Crippen molar-refractivity contribution < 1.29 is 17.6 Å². The van der Waals surface area contributed by atoms with Crippen molar-refractivity contribution in [3.8, 4) is 5.69 Å². The maximum atomic E-state index is 13.4. The van der Waals surface area contributed by atoms with Crippen molar-refractivity contribution in [3.63, 3.8) is 0 Å². The molecule has 1 N–H and O–H groups in total. The molecular formula is C14H13F4N3. The third kappa shape index (κ3) is 3.24. The quantitative estimate of drug-likeness (QED) is 0.878. The van der Waals surface area contributed by atoms with Crippen LogP contribution in [0.3, 0.4) is 0 Å². The third-order valence-electron chi connectivity index (χ3n) is 3.36. The van der Waals surface area contributed by atoms with Crippen molar-refractivity contribution in [1.29, 1.82) is 0 Å². The van der Waals surface area contributed by atoms with Crippen LogP contribution < -0.4 is 5.32 Å². The maximum absolute atomic E-state index is 13.4. The van der Waals surface area contributed by atoms with Gasteiger partial charge in [-0.2, -0.15) is 18.3 Å². The Labute approximate surface area is 118 Å². The average Bonchev–Trinajstić information content (AvgIpc) is 3.10. The summed E-state index contributed by atoms with van der Waals surface area (Å²) in [6.07, 6.45) is -0.616. The summed E-state index contributed by atoms with van der Waals surface area (Å²) in [6.45, 7) is 0.402. The molecule has 112 valence electrons. The van der Waals surface area contributed by atoms with Crippen LogP contribution in [0, 0.1) is 5.82 Å². The molecule has 3 nitrogen and oxygen atoms in total. The normalized spacial score (nSPS) is 15.4. The van der Waals surface area contributed by atoms with Crippen LogP contribution >= 0.6 is 0 Å². The fourth-order valence-electron chi connectivity index (χ4n) is 2.06. The Kier molecular flexibility index (Phi) is 3.44. The first-order valence-corrected chi connectivity index (χ1v) is 6.57. The second kappa shape index (κ2) is 5.14. The van der Waals surface area contributed by atoms with Gasteiger partial charge in [0.25, 0.3) is 0 Å². The number of nitrogens with zero attached hydrogens (tertiary/aromatic N) is 2. The summed E-state index contributed by atoms with van der Waals surface area (Å²) in [5.41, 5.74) is 0.201. The van der Waals surface area contributed by atoms with Crippen molar-refractivity contribution >= 4 is 0 Å². The predicted octanol–water partition coefficient (Wildman–Crippen LogP) is 3.28. The molecular weight excluding hydrogens is 286 g/mol. The first kappa shape index (κ1) is 14.1. The fraction of sp³-hybridized carbons (Fsp3) is 0.357. The lowest BCUT2D eigenvalue weighted by atomic mass is 10.1. The van der Waals surface area contributed by atoms with Gasteiger partial charge in [-0.15, -0.1) is 0 Å². The third-order valence-corrected chi connectivity index (χ3v) is 3.36. The largest absolute Gasteiger partial charge is 0.419 e. The number of hydrogen-bond acceptors (Lipinski definition) is 2. The first-order chi connectivity index (χ1) is 9.93. The van der Waals surface area contributed by atoms with Crippen LogP contribution in [-0.4, -0.2) is 15.8 Å². The lowest BCUT2D eigenvalue weighted by Crippen LogP contribution is -2.17. The first-order valence-electron chi connectivity index (χ1n) is 6.57. The van der Waals surface area contributed by atoms with Gasteiger partial charge in [0, 0.05) is 18.8 Å². The standard InChI is InChI=1S/C14H13F4N3/c15-11-1-4-13(9(5-11)6-19-12-2-3-12)21-8-10(7-20-21)14(16,17)18/h1,4-5,7-8,12,19H,2-3,6H2. The molecule has 1 aliphatic rings. The molecule has 0 spiro atoms. The molecule has 2 aromatic rings. The molecule has 7 heteroatoms. The van der Waals surface area contributed by atoms with Crippen LogP contribution in [0.1, 0.15) is 24.0 Å². The minimum Gasteiger partial charge on any atom is -0.310 e. The second-order valence-electron chi connectivity index (χ2n) is 5.10. The highest BCUT2D eigenvalue weighted by Gasteiger charge is 2.32. The zero-order valence-electron chi connectivity index (χ0n) is 11.0. The maximum Gasteiger partial charge on any atom is 0.419 e. The van der Waals surface area contributed by atoms with Gasteiger partial charge in [0.15, 0.2) is 0 Å². The van der Waals surface area contributed by atoms with E-state index in [9.17, 15) is 17.6 Å². The minimum atomic E-state index is -4.44. The summed E-state index contributed by atoms with van der Waals surface area (Å²) in [7, 11) is 0. The summed E-state index contributed by atoms with van der Waals surface area (Å²) in [6, 6.07) is 4.39. The van der Waals surface area contributed by atoms with E-state index in [1.54, 1.807) is 0 Å². The van der Waals surface area contributed by atoms with Crippen LogP contribution in [0.5, 0.6) is 0 Å². The Morgan fingerprint density at radius 3 is 2.67 bits per heavy atom. The van der Waals surface area contributed by atoms with Gasteiger partial charge in [-0.25, -0.2) is 9.07 Å². The van der Waals surface area contributed by atoms with Crippen molar-refractivity contribution in [2.45, 2.75) is 31.6 Å². The zero-order chi connectivity index (χ0) is 15.0. The molecule has 1 aromatic carbocycles. The zero-order valence-corrected chi connectivity index (χ0v) is 11.0. The van der Waals surface area contributed by atoms with E-state index in [4.69, 9.17) is 0 Å². The van der Waals surface area contributed by atoms with Crippen LogP contribution in [-0.2, 0) is 12.7 Å². The summed E-state index contributed by atoms with van der Waals surface area (Å²) in [5, 5.41) is 6.95. The number of nitrogens with one attached hydrogen (secondary N) is 1. The van der Waals surface area contributed by atoms with Crippen molar-refractivity contribution in [3.05, 3.63) is 47.5 Å². The molecule has 0 radical (unpaired) electrons. The number of aromatic nitrogens is 2. The van der Waals surface area contributed by atoms with Crippen molar-refractivity contribution in [2.75, 3.05) is 0 Å². The van der Waals surface area contributed by atoms with Crippen LogP contribution in [0.25, 0.3) is 5.69 Å². The van der Waals surface area contributed by atoms with E-state index in [-0.39, 0.29) is 0 Å². The van der Waals surface area contributed by atoms with Gasteiger partial charge in [-0.05, 0) is 36.6 Å². The molecule has 0 aliphatic heterocycles. The highest BCUT2D eigenvalue weighted by atomic mass is 19.4. The van der Waals surface area contributed by atoms with E-state index in [2.05, 4.69) is 10.4 Å². The Balaban J connectivity index is 1.90. The summed E-state index contributed by atoms with van der Waals surface area (Å²) < 4.78 is 52.3. The van der Waals surface area contributed by atoms with Crippen LogP contribution in [0.2, 0.25) is 0 Å². The Morgan fingerprint density at radius 1 is 1.29 bits per heavy atom. The van der Waals surface area contributed by atoms with Crippen molar-refractivity contribution in [1.82, 2.24) is 15.1 Å². The minimum absolute atomic E-state index is 0.402. The van der Waals surface area contributed by atoms with Gasteiger partial charge < -0.3 is 5.32 Å². The van der Waals surface area contributed by atoms with Gasteiger partial charge in [0.1, 0.15) is 5.82 Å². The molecule has 1 aromatic heterocycles. The number of benzene rings is 1.